The lowest BCUT2D eigenvalue weighted by Crippen LogP contribution is -2.36. The number of nitrogens with one attached hydrogen (secondary N) is 2. The van der Waals surface area contributed by atoms with E-state index in [2.05, 4.69) is 25.4 Å². The highest BCUT2D eigenvalue weighted by atomic mass is 19.1. The summed E-state index contributed by atoms with van der Waals surface area (Å²) in [6, 6.07) is 15.3. The third kappa shape index (κ3) is 4.60. The number of aromatic amines is 1. The number of hydrogen-bond acceptors (Lipinski definition) is 7. The van der Waals surface area contributed by atoms with E-state index in [0.717, 1.165) is 5.69 Å². The van der Waals surface area contributed by atoms with Crippen molar-refractivity contribution in [2.45, 2.75) is 0 Å². The van der Waals surface area contributed by atoms with Gasteiger partial charge in [0.25, 0.3) is 5.56 Å². The minimum atomic E-state index is -0.575. The molecule has 0 unspecified atom stereocenters. The van der Waals surface area contributed by atoms with Crippen LogP contribution in [0.15, 0.2) is 58.4 Å². The highest BCUT2D eigenvalue weighted by Gasteiger charge is 2.15. The van der Waals surface area contributed by atoms with Crippen LogP contribution in [0.5, 0.6) is 0 Å². The van der Waals surface area contributed by atoms with Gasteiger partial charge in [0, 0.05) is 29.9 Å². The fraction of sp³-hybridized carbons (Fsp3) is 0.182. The molecule has 2 heterocycles. The maximum Gasteiger partial charge on any atom is 0.270 e. The summed E-state index contributed by atoms with van der Waals surface area (Å²) in [5, 5.41) is 13.5. The molecule has 2 aromatic carbocycles. The third-order valence-corrected chi connectivity index (χ3v) is 4.79. The topological polar surface area (TPSA) is 106 Å². The van der Waals surface area contributed by atoms with E-state index in [4.69, 9.17) is 4.74 Å². The molecule has 2 N–H and O–H groups in total. The molecular weight excluding hydrogens is 399 g/mol. The molecule has 1 fully saturated rings. The number of H-pyrrole nitrogens is 1. The number of benzene rings is 2. The molecule has 0 spiro atoms. The van der Waals surface area contributed by atoms with Crippen LogP contribution in [-0.4, -0.2) is 42.5 Å². The predicted octanol–water partition coefficient (Wildman–Crippen LogP) is 2.73. The van der Waals surface area contributed by atoms with Crippen LogP contribution in [0, 0.1) is 17.1 Å². The molecule has 0 radical (unpaired) electrons. The van der Waals surface area contributed by atoms with Crippen LogP contribution in [0.1, 0.15) is 11.1 Å². The number of rotatable bonds is 5. The van der Waals surface area contributed by atoms with Gasteiger partial charge in [0.2, 0.25) is 5.95 Å². The van der Waals surface area contributed by atoms with Crippen molar-refractivity contribution in [1.29, 1.82) is 5.26 Å². The number of nitriles is 1. The summed E-state index contributed by atoms with van der Waals surface area (Å²) in [5.74, 6) is -0.307. The first-order chi connectivity index (χ1) is 15.2. The van der Waals surface area contributed by atoms with Crippen molar-refractivity contribution in [1.82, 2.24) is 9.97 Å². The molecule has 156 valence electrons. The maximum absolute atomic E-state index is 13.8. The number of nitrogens with zero attached hydrogens (tertiary/aromatic N) is 4. The van der Waals surface area contributed by atoms with Gasteiger partial charge >= 0.3 is 0 Å². The molecule has 0 bridgehead atoms. The number of hydrogen-bond donors (Lipinski definition) is 2. The summed E-state index contributed by atoms with van der Waals surface area (Å²) < 4.78 is 19.2. The third-order valence-electron chi connectivity index (χ3n) is 4.79. The lowest BCUT2D eigenvalue weighted by Gasteiger charge is -2.30. The number of morpholine rings is 1. The smallest absolute Gasteiger partial charge is 0.270 e. The summed E-state index contributed by atoms with van der Waals surface area (Å²) >= 11 is 0. The van der Waals surface area contributed by atoms with Crippen LogP contribution in [0.2, 0.25) is 0 Å². The first-order valence-electron chi connectivity index (χ1n) is 9.67. The van der Waals surface area contributed by atoms with Crippen molar-refractivity contribution in [2.75, 3.05) is 36.6 Å². The van der Waals surface area contributed by atoms with Gasteiger partial charge in [-0.3, -0.25) is 9.78 Å². The Morgan fingerprint density at radius 3 is 2.74 bits per heavy atom. The van der Waals surface area contributed by atoms with E-state index >= 15 is 0 Å². The summed E-state index contributed by atoms with van der Waals surface area (Å²) in [5.41, 5.74) is 4.32. The van der Waals surface area contributed by atoms with Crippen molar-refractivity contribution in [3.05, 3.63) is 75.8 Å². The summed E-state index contributed by atoms with van der Waals surface area (Å²) in [4.78, 5) is 21.3. The highest BCUT2D eigenvalue weighted by molar-refractivity contribution is 5.88. The Labute approximate surface area is 177 Å². The van der Waals surface area contributed by atoms with Crippen LogP contribution in [0.3, 0.4) is 0 Å². The Balaban J connectivity index is 1.62. The van der Waals surface area contributed by atoms with Crippen LogP contribution in [0.4, 0.5) is 16.0 Å². The van der Waals surface area contributed by atoms with E-state index in [0.29, 0.717) is 37.4 Å². The number of halogens is 1. The molecule has 31 heavy (non-hydrogen) atoms. The van der Waals surface area contributed by atoms with Crippen molar-refractivity contribution < 1.29 is 9.13 Å². The van der Waals surface area contributed by atoms with Gasteiger partial charge in [0.1, 0.15) is 17.4 Å². The Bertz CT molecular complexity index is 1200. The highest BCUT2D eigenvalue weighted by Crippen LogP contribution is 2.22. The van der Waals surface area contributed by atoms with E-state index in [1.807, 2.05) is 12.1 Å². The fourth-order valence-corrected chi connectivity index (χ4v) is 3.32. The average Bonchev–Trinajstić information content (AvgIpc) is 2.80. The molecule has 1 aliphatic rings. The van der Waals surface area contributed by atoms with E-state index in [-0.39, 0.29) is 23.0 Å². The zero-order valence-electron chi connectivity index (χ0n) is 16.5. The molecule has 0 saturated carbocycles. The first kappa shape index (κ1) is 20.3. The number of aromatic nitrogens is 2. The largest absolute Gasteiger partial charge is 0.378 e. The molecule has 0 amide bonds. The van der Waals surface area contributed by atoms with Crippen LogP contribution >= 0.6 is 0 Å². The maximum atomic E-state index is 13.8. The second-order valence-corrected chi connectivity index (χ2v) is 6.79. The number of anilines is 2. The van der Waals surface area contributed by atoms with Gasteiger partial charge < -0.3 is 9.64 Å². The molecule has 1 aromatic heterocycles. The Morgan fingerprint density at radius 1 is 1.23 bits per heavy atom. The fourth-order valence-electron chi connectivity index (χ4n) is 3.32. The van der Waals surface area contributed by atoms with Gasteiger partial charge in [-0.05, 0) is 18.2 Å². The summed E-state index contributed by atoms with van der Waals surface area (Å²) in [6.45, 7) is 2.60. The van der Waals surface area contributed by atoms with Gasteiger partial charge in [-0.15, -0.1) is 0 Å². The Hall–Kier alpha value is -4.03. The van der Waals surface area contributed by atoms with Gasteiger partial charge in [-0.25, -0.2) is 14.8 Å². The van der Waals surface area contributed by atoms with E-state index in [9.17, 15) is 14.4 Å². The van der Waals surface area contributed by atoms with Crippen LogP contribution < -0.4 is 15.9 Å². The van der Waals surface area contributed by atoms with Crippen molar-refractivity contribution in [3.8, 4) is 17.3 Å². The van der Waals surface area contributed by atoms with E-state index in [1.165, 1.54) is 18.3 Å². The van der Waals surface area contributed by atoms with Crippen molar-refractivity contribution in [3.63, 3.8) is 0 Å². The van der Waals surface area contributed by atoms with Gasteiger partial charge in [-0.1, -0.05) is 30.3 Å². The number of ether oxygens (including phenoxy) is 1. The lowest BCUT2D eigenvalue weighted by molar-refractivity contribution is 0.122. The second-order valence-electron chi connectivity index (χ2n) is 6.79. The minimum absolute atomic E-state index is 0.0726. The van der Waals surface area contributed by atoms with Crippen molar-refractivity contribution >= 4 is 17.9 Å². The minimum Gasteiger partial charge on any atom is -0.378 e. The predicted molar refractivity (Wildman–Crippen MR) is 116 cm³/mol. The molecule has 0 aliphatic carbocycles. The van der Waals surface area contributed by atoms with Gasteiger partial charge in [-0.2, -0.15) is 10.4 Å². The van der Waals surface area contributed by atoms with Crippen LogP contribution in [0.25, 0.3) is 11.3 Å². The quantitative estimate of drug-likeness (QED) is 0.487. The number of hydrazone groups is 1. The summed E-state index contributed by atoms with van der Waals surface area (Å²) in [6.07, 6.45) is 1.47. The molecule has 0 atom stereocenters. The lowest BCUT2D eigenvalue weighted by atomic mass is 10.1. The standard InChI is InChI=1S/C22H19FN6O2/c23-17-6-7-19(29-8-10-31-11-9-29)16(12-17)14-25-28-22-26-20(15-4-2-1-3-5-15)18(13-24)21(30)27-22/h1-7,12,14H,8-11H2,(H2,26,27,28,30). The zero-order chi connectivity index (χ0) is 21.6. The Kier molecular flexibility index (Phi) is 6.01. The molecule has 1 aliphatic heterocycles. The zero-order valence-corrected chi connectivity index (χ0v) is 16.5. The van der Waals surface area contributed by atoms with E-state index < -0.39 is 5.56 Å². The Morgan fingerprint density at radius 2 is 2.00 bits per heavy atom. The average molecular weight is 418 g/mol. The second kappa shape index (κ2) is 9.19. The molecule has 9 heteroatoms. The summed E-state index contributed by atoms with van der Waals surface area (Å²) in [7, 11) is 0. The first-order valence-corrected chi connectivity index (χ1v) is 9.67. The SMILES string of the molecule is N#Cc1c(-c2ccccc2)nc(NN=Cc2cc(F)ccc2N2CCOCC2)[nH]c1=O. The van der Waals surface area contributed by atoms with Gasteiger partial charge in [0.15, 0.2) is 0 Å². The molecular formula is C22H19FN6O2. The molecule has 3 aromatic rings. The molecule has 4 rings (SSSR count). The normalized spacial score (nSPS) is 13.9. The van der Waals surface area contributed by atoms with Crippen molar-refractivity contribution in [2.24, 2.45) is 5.10 Å². The monoisotopic (exact) mass is 418 g/mol. The molecule has 1 saturated heterocycles. The van der Waals surface area contributed by atoms with Gasteiger partial charge in [0.05, 0.1) is 25.1 Å². The van der Waals surface area contributed by atoms with E-state index in [1.54, 1.807) is 30.3 Å². The van der Waals surface area contributed by atoms with Crippen LogP contribution in [-0.2, 0) is 4.74 Å². The molecule has 8 nitrogen and oxygen atoms in total.